The van der Waals surface area contributed by atoms with Gasteiger partial charge in [-0.2, -0.15) is 0 Å². The van der Waals surface area contributed by atoms with Crippen LogP contribution in [0.25, 0.3) is 10.6 Å². The van der Waals surface area contributed by atoms with Crippen molar-refractivity contribution in [2.45, 2.75) is 39.2 Å². The number of aryl methyl sites for hydroxylation is 1. The molecule has 1 amide bonds. The Kier molecular flexibility index (Phi) is 5.39. The summed E-state index contributed by atoms with van der Waals surface area (Å²) in [6, 6.07) is 11.5. The number of carbonyl (C=O) groups excluding carboxylic acids is 1. The molecular formula is C22H23N3O2S. The van der Waals surface area contributed by atoms with Crippen molar-refractivity contribution in [3.05, 3.63) is 59.4 Å². The lowest BCUT2D eigenvalue weighted by atomic mass is 9.90. The zero-order valence-electron chi connectivity index (χ0n) is 16.0. The van der Waals surface area contributed by atoms with Gasteiger partial charge in [-0.25, -0.2) is 4.98 Å². The van der Waals surface area contributed by atoms with E-state index in [1.807, 2.05) is 56.4 Å². The Hall–Kier alpha value is -2.73. The molecule has 0 spiro atoms. The van der Waals surface area contributed by atoms with Crippen LogP contribution in [0.4, 0.5) is 5.69 Å². The maximum atomic E-state index is 12.9. The van der Waals surface area contributed by atoms with Gasteiger partial charge in [0.15, 0.2) is 0 Å². The summed E-state index contributed by atoms with van der Waals surface area (Å²) in [4.78, 5) is 23.1. The van der Waals surface area contributed by atoms with Gasteiger partial charge < -0.3 is 10.1 Å². The average Bonchev–Trinajstić information content (AvgIpc) is 3.13. The number of amides is 1. The van der Waals surface area contributed by atoms with Crippen LogP contribution >= 0.6 is 11.3 Å². The van der Waals surface area contributed by atoms with E-state index in [1.165, 1.54) is 4.88 Å². The molecule has 0 fully saturated rings. The Labute approximate surface area is 168 Å². The molecule has 0 aliphatic heterocycles. The van der Waals surface area contributed by atoms with E-state index in [0.29, 0.717) is 5.75 Å². The maximum absolute atomic E-state index is 12.9. The van der Waals surface area contributed by atoms with Gasteiger partial charge in [0.05, 0.1) is 17.5 Å². The number of thiazole rings is 1. The van der Waals surface area contributed by atoms with Crippen molar-refractivity contribution in [3.63, 3.8) is 0 Å². The van der Waals surface area contributed by atoms with Crippen LogP contribution in [0.5, 0.6) is 5.75 Å². The number of fused-ring (bicyclic) bond motifs is 1. The summed E-state index contributed by atoms with van der Waals surface area (Å²) in [5.74, 6) is 0.697. The summed E-state index contributed by atoms with van der Waals surface area (Å²) < 4.78 is 5.81. The summed E-state index contributed by atoms with van der Waals surface area (Å²) in [6.45, 7) is 3.95. The molecule has 6 heteroatoms. The van der Waals surface area contributed by atoms with E-state index >= 15 is 0 Å². The first kappa shape index (κ1) is 18.6. The molecule has 1 aliphatic carbocycles. The lowest BCUT2D eigenvalue weighted by Gasteiger charge is -2.21. The van der Waals surface area contributed by atoms with E-state index in [4.69, 9.17) is 9.72 Å². The normalized spacial score (nSPS) is 15.9. The molecule has 1 aliphatic rings. The van der Waals surface area contributed by atoms with E-state index in [0.717, 1.165) is 41.2 Å². The van der Waals surface area contributed by atoms with E-state index in [2.05, 4.69) is 10.3 Å². The number of ether oxygens (including phenoxy) is 1. The molecule has 2 aromatic heterocycles. The lowest BCUT2D eigenvalue weighted by molar-refractivity contribution is -0.120. The molecule has 2 heterocycles. The zero-order valence-corrected chi connectivity index (χ0v) is 16.8. The number of hydrogen-bond donors (Lipinski definition) is 1. The SMILES string of the molecule is CC(C)Oc1ccccc1NC(=O)C1CCc2nc(-c3cccnc3)sc2C1. The zero-order chi connectivity index (χ0) is 19.5. The topological polar surface area (TPSA) is 64.1 Å². The van der Waals surface area contributed by atoms with Crippen LogP contribution in [0.15, 0.2) is 48.8 Å². The third-order valence-electron chi connectivity index (χ3n) is 4.73. The number of nitrogens with one attached hydrogen (secondary N) is 1. The Morgan fingerprint density at radius 1 is 1.25 bits per heavy atom. The highest BCUT2D eigenvalue weighted by molar-refractivity contribution is 7.15. The molecule has 4 rings (SSSR count). The fourth-order valence-corrected chi connectivity index (χ4v) is 4.55. The van der Waals surface area contributed by atoms with E-state index < -0.39 is 0 Å². The van der Waals surface area contributed by atoms with Crippen LogP contribution in [-0.2, 0) is 17.6 Å². The Morgan fingerprint density at radius 2 is 2.11 bits per heavy atom. The van der Waals surface area contributed by atoms with Crippen LogP contribution < -0.4 is 10.1 Å². The number of nitrogens with zero attached hydrogens (tertiary/aromatic N) is 2. The van der Waals surface area contributed by atoms with Crippen molar-refractivity contribution in [2.24, 2.45) is 5.92 Å². The van der Waals surface area contributed by atoms with Crippen molar-refractivity contribution in [3.8, 4) is 16.3 Å². The molecule has 1 N–H and O–H groups in total. The Balaban J connectivity index is 1.48. The standard InChI is InChI=1S/C22H23N3O2S/c1-14(2)27-19-8-4-3-7-17(19)24-21(26)15-9-10-18-20(12-15)28-22(25-18)16-6-5-11-23-13-16/h3-8,11,13-15H,9-10,12H2,1-2H3,(H,24,26). The molecule has 28 heavy (non-hydrogen) atoms. The number of benzene rings is 1. The van der Waals surface area contributed by atoms with Gasteiger partial charge in [0.2, 0.25) is 5.91 Å². The number of para-hydroxylation sites is 2. The maximum Gasteiger partial charge on any atom is 0.227 e. The van der Waals surface area contributed by atoms with Crippen LogP contribution in [-0.4, -0.2) is 22.0 Å². The average molecular weight is 394 g/mol. The van der Waals surface area contributed by atoms with Gasteiger partial charge in [-0.15, -0.1) is 11.3 Å². The molecule has 0 radical (unpaired) electrons. The first-order valence-corrected chi connectivity index (χ1v) is 10.4. The van der Waals surface area contributed by atoms with Crippen LogP contribution in [0.3, 0.4) is 0 Å². The highest BCUT2D eigenvalue weighted by atomic mass is 32.1. The van der Waals surface area contributed by atoms with Crippen molar-refractivity contribution in [1.29, 1.82) is 0 Å². The number of hydrogen-bond acceptors (Lipinski definition) is 5. The second-order valence-electron chi connectivity index (χ2n) is 7.22. The van der Waals surface area contributed by atoms with Gasteiger partial charge in [-0.05, 0) is 57.4 Å². The number of pyridine rings is 1. The Morgan fingerprint density at radius 3 is 2.89 bits per heavy atom. The van der Waals surface area contributed by atoms with Crippen LogP contribution in [0.1, 0.15) is 30.8 Å². The van der Waals surface area contributed by atoms with Crippen molar-refractivity contribution >= 4 is 22.9 Å². The van der Waals surface area contributed by atoms with Gasteiger partial charge in [-0.1, -0.05) is 12.1 Å². The number of rotatable bonds is 5. The summed E-state index contributed by atoms with van der Waals surface area (Å²) in [5.41, 5.74) is 2.88. The number of carbonyl (C=O) groups is 1. The van der Waals surface area contributed by atoms with Gasteiger partial charge in [0.1, 0.15) is 10.8 Å². The monoisotopic (exact) mass is 393 g/mol. The second-order valence-corrected chi connectivity index (χ2v) is 8.31. The third-order valence-corrected chi connectivity index (χ3v) is 5.90. The van der Waals surface area contributed by atoms with Gasteiger partial charge >= 0.3 is 0 Å². The van der Waals surface area contributed by atoms with Crippen LogP contribution in [0, 0.1) is 5.92 Å². The highest BCUT2D eigenvalue weighted by Gasteiger charge is 2.28. The summed E-state index contributed by atoms with van der Waals surface area (Å²) >= 11 is 1.67. The van der Waals surface area contributed by atoms with Crippen molar-refractivity contribution in [2.75, 3.05) is 5.32 Å². The van der Waals surface area contributed by atoms with Gasteiger partial charge in [-0.3, -0.25) is 9.78 Å². The molecule has 0 bridgehead atoms. The molecule has 0 saturated carbocycles. The van der Waals surface area contributed by atoms with Crippen molar-refractivity contribution < 1.29 is 9.53 Å². The molecule has 144 valence electrons. The van der Waals surface area contributed by atoms with E-state index in [-0.39, 0.29) is 17.9 Å². The van der Waals surface area contributed by atoms with Crippen molar-refractivity contribution in [1.82, 2.24) is 9.97 Å². The van der Waals surface area contributed by atoms with E-state index in [1.54, 1.807) is 17.5 Å². The molecule has 5 nitrogen and oxygen atoms in total. The Bertz CT molecular complexity index is 969. The fraction of sp³-hybridized carbons (Fsp3) is 0.318. The molecule has 1 aromatic carbocycles. The number of aromatic nitrogens is 2. The summed E-state index contributed by atoms with van der Waals surface area (Å²) in [6.07, 6.45) is 6.01. The molecule has 1 unspecified atom stereocenters. The summed E-state index contributed by atoms with van der Waals surface area (Å²) in [7, 11) is 0. The molecule has 3 aromatic rings. The quantitative estimate of drug-likeness (QED) is 0.680. The van der Waals surface area contributed by atoms with Gasteiger partial charge in [0.25, 0.3) is 0 Å². The van der Waals surface area contributed by atoms with Crippen LogP contribution in [0.2, 0.25) is 0 Å². The largest absolute Gasteiger partial charge is 0.489 e. The fourth-order valence-electron chi connectivity index (χ4n) is 3.37. The van der Waals surface area contributed by atoms with Gasteiger partial charge in [0, 0.05) is 28.8 Å². The first-order valence-electron chi connectivity index (χ1n) is 9.55. The minimum Gasteiger partial charge on any atom is -0.489 e. The second kappa shape index (κ2) is 8.10. The summed E-state index contributed by atoms with van der Waals surface area (Å²) in [5, 5.41) is 4.05. The smallest absolute Gasteiger partial charge is 0.227 e. The molecule has 1 atom stereocenters. The lowest BCUT2D eigenvalue weighted by Crippen LogP contribution is -2.28. The molecule has 0 saturated heterocycles. The predicted octanol–water partition coefficient (Wildman–Crippen LogP) is 4.74. The molecular weight excluding hydrogens is 370 g/mol. The number of anilines is 1. The van der Waals surface area contributed by atoms with E-state index in [9.17, 15) is 4.79 Å². The minimum atomic E-state index is -0.0539. The first-order chi connectivity index (χ1) is 13.6. The predicted molar refractivity (Wildman–Crippen MR) is 112 cm³/mol. The highest BCUT2D eigenvalue weighted by Crippen LogP contribution is 2.35. The third kappa shape index (κ3) is 4.07. The minimum absolute atomic E-state index is 0.0433.